The van der Waals surface area contributed by atoms with Crippen LogP contribution in [0.4, 0.5) is 0 Å². The van der Waals surface area contributed by atoms with Crippen LogP contribution >= 0.6 is 0 Å². The van der Waals surface area contributed by atoms with Crippen molar-refractivity contribution in [2.24, 2.45) is 0 Å². The van der Waals surface area contributed by atoms with E-state index >= 15 is 0 Å². The summed E-state index contributed by atoms with van der Waals surface area (Å²) in [7, 11) is 0. The molecule has 2 atom stereocenters. The molecular weight excluding hydrogens is 300 g/mol. The zero-order valence-electron chi connectivity index (χ0n) is 14.3. The van der Waals surface area contributed by atoms with Crippen LogP contribution in [-0.4, -0.2) is 18.7 Å². The highest BCUT2D eigenvalue weighted by Crippen LogP contribution is 2.52. The van der Waals surface area contributed by atoms with Crippen molar-refractivity contribution in [1.82, 2.24) is 0 Å². The van der Waals surface area contributed by atoms with Gasteiger partial charge in [-0.1, -0.05) is 79.9 Å². The number of carbonyl (C=O) groups is 1. The molecule has 1 aliphatic heterocycles. The van der Waals surface area contributed by atoms with Crippen molar-refractivity contribution in [2.75, 3.05) is 6.61 Å². The maximum Gasteiger partial charge on any atom is 0.339 e. The molecule has 0 radical (unpaired) electrons. The number of carbonyl (C=O) groups excluding carboxylic acids is 1. The minimum absolute atomic E-state index is 0.268. The second-order valence-electron chi connectivity index (χ2n) is 6.34. The van der Waals surface area contributed by atoms with Gasteiger partial charge in [-0.25, -0.2) is 4.79 Å². The molecule has 2 aromatic rings. The topological polar surface area (TPSA) is 38.8 Å². The van der Waals surface area contributed by atoms with Crippen LogP contribution < -0.4 is 0 Å². The van der Waals surface area contributed by atoms with Crippen LogP contribution in [0.2, 0.25) is 0 Å². The molecule has 3 rings (SSSR count). The van der Waals surface area contributed by atoms with E-state index in [-0.39, 0.29) is 5.97 Å². The zero-order valence-corrected chi connectivity index (χ0v) is 14.3. The van der Waals surface area contributed by atoms with Gasteiger partial charge in [0.2, 0.25) is 0 Å². The third-order valence-corrected chi connectivity index (χ3v) is 4.51. The van der Waals surface area contributed by atoms with Crippen molar-refractivity contribution in [1.29, 1.82) is 0 Å². The molecule has 2 aromatic carbocycles. The third kappa shape index (κ3) is 3.22. The fourth-order valence-corrected chi connectivity index (χ4v) is 3.06. The number of rotatable bonds is 7. The molecule has 1 aliphatic rings. The first-order valence-electron chi connectivity index (χ1n) is 8.65. The van der Waals surface area contributed by atoms with Crippen LogP contribution in [0.15, 0.2) is 54.6 Å². The molecule has 1 fully saturated rings. The molecule has 126 valence electrons. The summed E-state index contributed by atoms with van der Waals surface area (Å²) in [5, 5.41) is 0. The molecule has 1 heterocycles. The van der Waals surface area contributed by atoms with E-state index in [1.807, 2.05) is 61.5 Å². The van der Waals surface area contributed by atoms with Gasteiger partial charge in [-0.2, -0.15) is 0 Å². The summed E-state index contributed by atoms with van der Waals surface area (Å²) in [6, 6.07) is 18.1. The molecule has 0 aliphatic carbocycles. The van der Waals surface area contributed by atoms with Crippen LogP contribution in [0.3, 0.4) is 0 Å². The maximum absolute atomic E-state index is 12.5. The van der Waals surface area contributed by atoms with Crippen LogP contribution in [0, 0.1) is 6.92 Å². The standard InChI is InChI=1S/C21H24O3/c1-3-4-8-15-23-20(22)19-21(24-19,17-9-6-5-7-10-17)18-13-11-16(2)12-14-18/h5-7,9-14,19H,3-4,8,15H2,1-2H3. The number of esters is 1. The largest absolute Gasteiger partial charge is 0.464 e. The maximum atomic E-state index is 12.5. The van der Waals surface area contributed by atoms with Gasteiger partial charge in [0.15, 0.2) is 11.7 Å². The zero-order chi connectivity index (χ0) is 17.0. The summed E-state index contributed by atoms with van der Waals surface area (Å²) in [6.07, 6.45) is 2.51. The molecule has 24 heavy (non-hydrogen) atoms. The van der Waals surface area contributed by atoms with E-state index in [0.29, 0.717) is 6.61 Å². The van der Waals surface area contributed by atoms with Crippen molar-refractivity contribution in [3.05, 3.63) is 71.3 Å². The molecule has 1 saturated heterocycles. The van der Waals surface area contributed by atoms with Crippen molar-refractivity contribution >= 4 is 5.97 Å². The number of unbranched alkanes of at least 4 members (excludes halogenated alkanes) is 2. The number of hydrogen-bond donors (Lipinski definition) is 0. The average Bonchev–Trinajstić information content (AvgIpc) is 3.37. The highest BCUT2D eigenvalue weighted by Gasteiger charge is 2.64. The van der Waals surface area contributed by atoms with Crippen molar-refractivity contribution in [2.45, 2.75) is 44.8 Å². The van der Waals surface area contributed by atoms with Crippen LogP contribution in [0.5, 0.6) is 0 Å². The highest BCUT2D eigenvalue weighted by atomic mass is 16.7. The summed E-state index contributed by atoms with van der Waals surface area (Å²) >= 11 is 0. The second-order valence-corrected chi connectivity index (χ2v) is 6.34. The fourth-order valence-electron chi connectivity index (χ4n) is 3.06. The average molecular weight is 324 g/mol. The predicted octanol–water partition coefficient (Wildman–Crippen LogP) is 4.37. The van der Waals surface area contributed by atoms with Gasteiger partial charge < -0.3 is 9.47 Å². The summed E-state index contributed by atoms with van der Waals surface area (Å²) in [5.74, 6) is -0.268. The minimum Gasteiger partial charge on any atom is -0.464 e. The molecule has 0 spiro atoms. The molecule has 0 amide bonds. The van der Waals surface area contributed by atoms with Gasteiger partial charge in [-0.3, -0.25) is 0 Å². The first-order chi connectivity index (χ1) is 11.7. The molecule has 3 nitrogen and oxygen atoms in total. The molecule has 2 unspecified atom stereocenters. The molecule has 0 bridgehead atoms. The summed E-state index contributed by atoms with van der Waals surface area (Å²) in [6.45, 7) is 4.64. The monoisotopic (exact) mass is 324 g/mol. The van der Waals surface area contributed by atoms with Gasteiger partial charge in [-0.15, -0.1) is 0 Å². The Morgan fingerprint density at radius 3 is 2.38 bits per heavy atom. The molecule has 0 N–H and O–H groups in total. The smallest absolute Gasteiger partial charge is 0.339 e. The van der Waals surface area contributed by atoms with Crippen molar-refractivity contribution in [3.8, 4) is 0 Å². The number of ether oxygens (including phenoxy) is 2. The number of epoxide rings is 1. The van der Waals surface area contributed by atoms with Crippen molar-refractivity contribution < 1.29 is 14.3 Å². The number of aryl methyl sites for hydroxylation is 1. The van der Waals surface area contributed by atoms with Crippen LogP contribution in [0.1, 0.15) is 42.9 Å². The second kappa shape index (κ2) is 7.18. The summed E-state index contributed by atoms with van der Waals surface area (Å²) in [5.41, 5.74) is 2.46. The lowest BCUT2D eigenvalue weighted by molar-refractivity contribution is -0.145. The lowest BCUT2D eigenvalue weighted by Crippen LogP contribution is -2.23. The lowest BCUT2D eigenvalue weighted by atomic mass is 9.87. The van der Waals surface area contributed by atoms with Gasteiger partial charge in [0.25, 0.3) is 0 Å². The van der Waals surface area contributed by atoms with E-state index in [0.717, 1.165) is 30.4 Å². The van der Waals surface area contributed by atoms with E-state index in [1.54, 1.807) is 0 Å². The van der Waals surface area contributed by atoms with Gasteiger partial charge in [-0.05, 0) is 24.5 Å². The van der Waals surface area contributed by atoms with Gasteiger partial charge in [0, 0.05) is 0 Å². The third-order valence-electron chi connectivity index (χ3n) is 4.51. The Bertz CT molecular complexity index is 678. The van der Waals surface area contributed by atoms with Crippen LogP contribution in [-0.2, 0) is 19.9 Å². The van der Waals surface area contributed by atoms with Crippen molar-refractivity contribution in [3.63, 3.8) is 0 Å². The Balaban J connectivity index is 1.81. The Labute approximate surface area is 143 Å². The Morgan fingerprint density at radius 1 is 1.04 bits per heavy atom. The molecule has 3 heteroatoms. The Morgan fingerprint density at radius 2 is 1.71 bits per heavy atom. The van der Waals surface area contributed by atoms with E-state index in [1.165, 1.54) is 5.56 Å². The number of benzene rings is 2. The molecule has 0 aromatic heterocycles. The summed E-state index contributed by atoms with van der Waals surface area (Å²) < 4.78 is 11.4. The first-order valence-corrected chi connectivity index (χ1v) is 8.65. The Kier molecular flexibility index (Phi) is 5.00. The highest BCUT2D eigenvalue weighted by molar-refractivity contribution is 5.81. The summed E-state index contributed by atoms with van der Waals surface area (Å²) in [4.78, 5) is 12.5. The Hall–Kier alpha value is -2.13. The van der Waals surface area contributed by atoms with Crippen LogP contribution in [0.25, 0.3) is 0 Å². The molecular formula is C21H24O3. The van der Waals surface area contributed by atoms with E-state index in [2.05, 4.69) is 6.92 Å². The fraction of sp³-hybridized carbons (Fsp3) is 0.381. The molecule has 0 saturated carbocycles. The first kappa shape index (κ1) is 16.7. The lowest BCUT2D eigenvalue weighted by Gasteiger charge is -2.14. The normalized spacial score (nSPS) is 22.2. The van der Waals surface area contributed by atoms with E-state index < -0.39 is 11.7 Å². The predicted molar refractivity (Wildman–Crippen MR) is 93.8 cm³/mol. The van der Waals surface area contributed by atoms with Gasteiger partial charge >= 0.3 is 5.97 Å². The van der Waals surface area contributed by atoms with Gasteiger partial charge in [0.1, 0.15) is 0 Å². The van der Waals surface area contributed by atoms with Gasteiger partial charge in [0.05, 0.1) is 6.61 Å². The number of hydrogen-bond acceptors (Lipinski definition) is 3. The quantitative estimate of drug-likeness (QED) is 0.431. The minimum atomic E-state index is -0.712. The van der Waals surface area contributed by atoms with E-state index in [9.17, 15) is 4.79 Å². The SMILES string of the molecule is CCCCCOC(=O)C1OC1(c1ccccc1)c1ccc(C)cc1. The van der Waals surface area contributed by atoms with E-state index in [4.69, 9.17) is 9.47 Å².